The number of nitrogens with zero attached hydrogens (tertiary/aromatic N) is 1. The molecule has 1 N–H and O–H groups in total. The van der Waals surface area contributed by atoms with Crippen molar-refractivity contribution >= 4 is 15.9 Å². The van der Waals surface area contributed by atoms with Crippen LogP contribution in [-0.4, -0.2) is 36.8 Å². The van der Waals surface area contributed by atoms with Crippen molar-refractivity contribution < 1.29 is 22.0 Å². The Morgan fingerprint density at radius 1 is 1.03 bits per heavy atom. The molecular formula is C21H22F2N2O3S. The molecule has 0 saturated carbocycles. The van der Waals surface area contributed by atoms with Crippen LogP contribution in [0, 0.1) is 18.6 Å². The van der Waals surface area contributed by atoms with Gasteiger partial charge in [0, 0.05) is 23.7 Å². The number of amides is 1. The normalized spacial score (nSPS) is 24.4. The van der Waals surface area contributed by atoms with Gasteiger partial charge < -0.3 is 5.32 Å². The van der Waals surface area contributed by atoms with Crippen LogP contribution in [0.25, 0.3) is 0 Å². The van der Waals surface area contributed by atoms with Gasteiger partial charge in [0.2, 0.25) is 10.0 Å². The van der Waals surface area contributed by atoms with Gasteiger partial charge in [0.15, 0.2) is 0 Å². The number of hydrogen-bond acceptors (Lipinski definition) is 3. The van der Waals surface area contributed by atoms with Crippen molar-refractivity contribution in [3.8, 4) is 0 Å². The van der Waals surface area contributed by atoms with Gasteiger partial charge in [-0.2, -0.15) is 4.31 Å². The molecule has 29 heavy (non-hydrogen) atoms. The van der Waals surface area contributed by atoms with Crippen LogP contribution >= 0.6 is 0 Å². The first kappa shape index (κ1) is 20.0. The Morgan fingerprint density at radius 2 is 1.66 bits per heavy atom. The third-order valence-electron chi connectivity index (χ3n) is 5.83. The van der Waals surface area contributed by atoms with Crippen LogP contribution in [0.5, 0.6) is 0 Å². The summed E-state index contributed by atoms with van der Waals surface area (Å²) in [6.07, 6.45) is 2.41. The van der Waals surface area contributed by atoms with Crippen molar-refractivity contribution in [2.45, 2.75) is 55.6 Å². The molecule has 2 fully saturated rings. The van der Waals surface area contributed by atoms with E-state index in [9.17, 15) is 22.0 Å². The topological polar surface area (TPSA) is 66.5 Å². The third-order valence-corrected chi connectivity index (χ3v) is 7.83. The summed E-state index contributed by atoms with van der Waals surface area (Å²) in [5, 5.41) is 2.94. The van der Waals surface area contributed by atoms with E-state index in [1.807, 2.05) is 0 Å². The van der Waals surface area contributed by atoms with Crippen molar-refractivity contribution in [2.75, 3.05) is 0 Å². The van der Waals surface area contributed by atoms with Crippen molar-refractivity contribution in [1.82, 2.24) is 9.62 Å². The molecule has 2 atom stereocenters. The summed E-state index contributed by atoms with van der Waals surface area (Å²) >= 11 is 0. The Kier molecular flexibility index (Phi) is 5.16. The molecule has 0 aliphatic carbocycles. The second-order valence-electron chi connectivity index (χ2n) is 7.78. The van der Waals surface area contributed by atoms with Crippen molar-refractivity contribution in [1.29, 1.82) is 0 Å². The minimum atomic E-state index is -3.81. The predicted molar refractivity (Wildman–Crippen MR) is 104 cm³/mol. The summed E-state index contributed by atoms with van der Waals surface area (Å²) < 4.78 is 54.7. The lowest BCUT2D eigenvalue weighted by atomic mass is 9.99. The molecule has 2 aromatic rings. The van der Waals surface area contributed by atoms with Crippen LogP contribution in [0.2, 0.25) is 0 Å². The molecule has 2 bridgehead atoms. The molecule has 154 valence electrons. The van der Waals surface area contributed by atoms with Crippen molar-refractivity contribution in [3.63, 3.8) is 0 Å². The van der Waals surface area contributed by atoms with Crippen LogP contribution < -0.4 is 5.32 Å². The van der Waals surface area contributed by atoms with Gasteiger partial charge >= 0.3 is 0 Å². The van der Waals surface area contributed by atoms with Gasteiger partial charge in [-0.1, -0.05) is 6.07 Å². The maximum absolute atomic E-state index is 13.9. The minimum absolute atomic E-state index is 0.0358. The Bertz CT molecular complexity index is 1030. The van der Waals surface area contributed by atoms with E-state index in [0.717, 1.165) is 6.07 Å². The maximum atomic E-state index is 13.9. The number of rotatable bonds is 4. The van der Waals surface area contributed by atoms with E-state index in [4.69, 9.17) is 0 Å². The number of hydrogen-bond donors (Lipinski definition) is 1. The molecule has 2 aromatic carbocycles. The van der Waals surface area contributed by atoms with Gasteiger partial charge in [0.05, 0.1) is 4.90 Å². The van der Waals surface area contributed by atoms with Crippen LogP contribution in [0.15, 0.2) is 47.4 Å². The minimum Gasteiger partial charge on any atom is -0.349 e. The molecule has 0 aromatic heterocycles. The Balaban J connectivity index is 1.49. The molecule has 2 saturated heterocycles. The van der Waals surface area contributed by atoms with Crippen LogP contribution in [0.3, 0.4) is 0 Å². The lowest BCUT2D eigenvalue weighted by molar-refractivity contribution is 0.0909. The third kappa shape index (κ3) is 3.79. The van der Waals surface area contributed by atoms with Gasteiger partial charge in [-0.25, -0.2) is 17.2 Å². The van der Waals surface area contributed by atoms with E-state index in [2.05, 4.69) is 5.32 Å². The monoisotopic (exact) mass is 420 g/mol. The summed E-state index contributed by atoms with van der Waals surface area (Å²) in [5.74, 6) is -1.25. The zero-order chi connectivity index (χ0) is 20.8. The van der Waals surface area contributed by atoms with Crippen molar-refractivity contribution in [2.24, 2.45) is 0 Å². The summed E-state index contributed by atoms with van der Waals surface area (Å²) in [5.41, 5.74) is 0.762. The predicted octanol–water partition coefficient (Wildman–Crippen LogP) is 3.39. The number of aryl methyl sites for hydroxylation is 1. The molecule has 5 nitrogen and oxygen atoms in total. The fourth-order valence-corrected chi connectivity index (χ4v) is 6.27. The zero-order valence-electron chi connectivity index (χ0n) is 15.9. The molecule has 4 rings (SSSR count). The number of carbonyl (C=O) groups excluding carboxylic acids is 1. The van der Waals surface area contributed by atoms with E-state index in [0.29, 0.717) is 36.8 Å². The fourth-order valence-electron chi connectivity index (χ4n) is 4.37. The van der Waals surface area contributed by atoms with Crippen LogP contribution in [0.4, 0.5) is 8.78 Å². The SMILES string of the molecule is Cc1ccc(S(=O)(=O)N2C3CCC2CC(NC(=O)c2ccc(F)cc2)C3)cc1F. The molecule has 8 heteroatoms. The quantitative estimate of drug-likeness (QED) is 0.825. The number of nitrogens with one attached hydrogen (secondary N) is 1. The first-order valence-corrected chi connectivity index (χ1v) is 11.1. The maximum Gasteiger partial charge on any atom is 0.251 e. The highest BCUT2D eigenvalue weighted by Gasteiger charge is 2.47. The summed E-state index contributed by atoms with van der Waals surface area (Å²) in [6, 6.07) is 8.66. The molecule has 0 spiro atoms. The molecule has 2 heterocycles. The van der Waals surface area contributed by atoms with E-state index in [-0.39, 0.29) is 28.9 Å². The standard InChI is InChI=1S/C21H22F2N2O3S/c1-13-2-9-19(12-20(13)23)29(27,28)25-17-7-8-18(25)11-16(10-17)24-21(26)14-3-5-15(22)6-4-14/h2-6,9,12,16-18H,7-8,10-11H2,1H3,(H,24,26). The van der Waals surface area contributed by atoms with E-state index in [1.54, 1.807) is 6.92 Å². The summed E-state index contributed by atoms with van der Waals surface area (Å²) in [6.45, 7) is 1.59. The number of sulfonamides is 1. The number of benzene rings is 2. The summed E-state index contributed by atoms with van der Waals surface area (Å²) in [4.78, 5) is 12.4. The number of halogens is 2. The Morgan fingerprint density at radius 3 is 2.24 bits per heavy atom. The van der Waals surface area contributed by atoms with Gasteiger partial charge in [-0.05, 0) is 74.6 Å². The smallest absolute Gasteiger partial charge is 0.251 e. The number of piperidine rings is 1. The molecule has 0 radical (unpaired) electrons. The van der Waals surface area contributed by atoms with Crippen LogP contribution in [0.1, 0.15) is 41.6 Å². The van der Waals surface area contributed by atoms with Gasteiger partial charge in [0.25, 0.3) is 5.91 Å². The molecule has 2 aliphatic rings. The van der Waals surface area contributed by atoms with Gasteiger partial charge in [0.1, 0.15) is 11.6 Å². The lowest BCUT2D eigenvalue weighted by Gasteiger charge is -2.38. The molecule has 2 aliphatic heterocycles. The zero-order valence-corrected chi connectivity index (χ0v) is 16.8. The van der Waals surface area contributed by atoms with E-state index < -0.39 is 21.7 Å². The highest BCUT2D eigenvalue weighted by molar-refractivity contribution is 7.89. The highest BCUT2D eigenvalue weighted by atomic mass is 32.2. The first-order chi connectivity index (χ1) is 13.8. The first-order valence-electron chi connectivity index (χ1n) is 9.62. The highest BCUT2D eigenvalue weighted by Crippen LogP contribution is 2.40. The molecule has 2 unspecified atom stereocenters. The second-order valence-corrected chi connectivity index (χ2v) is 9.62. The van der Waals surface area contributed by atoms with Crippen LogP contribution in [-0.2, 0) is 10.0 Å². The van der Waals surface area contributed by atoms with Gasteiger partial charge in [-0.15, -0.1) is 0 Å². The number of fused-ring (bicyclic) bond motifs is 2. The average molecular weight is 420 g/mol. The Hall–Kier alpha value is -2.32. The average Bonchev–Trinajstić information content (AvgIpc) is 2.96. The van der Waals surface area contributed by atoms with E-state index in [1.165, 1.54) is 40.7 Å². The largest absolute Gasteiger partial charge is 0.349 e. The van der Waals surface area contributed by atoms with Gasteiger partial charge in [-0.3, -0.25) is 4.79 Å². The van der Waals surface area contributed by atoms with Crippen molar-refractivity contribution in [3.05, 3.63) is 65.2 Å². The lowest BCUT2D eigenvalue weighted by Crippen LogP contribution is -2.52. The number of carbonyl (C=O) groups is 1. The van der Waals surface area contributed by atoms with E-state index >= 15 is 0 Å². The fraction of sp³-hybridized carbons (Fsp3) is 0.381. The summed E-state index contributed by atoms with van der Waals surface area (Å²) in [7, 11) is -3.81. The molecule has 1 amide bonds. The Labute approximate surface area is 168 Å². The second kappa shape index (κ2) is 7.50. The molecular weight excluding hydrogens is 398 g/mol.